The van der Waals surface area contributed by atoms with Gasteiger partial charge in [0.15, 0.2) is 0 Å². The number of nitrogens with one attached hydrogen (secondary N) is 1. The Morgan fingerprint density at radius 1 is 1.38 bits per heavy atom. The van der Waals surface area contributed by atoms with Crippen LogP contribution in [0.2, 0.25) is 0 Å². The van der Waals surface area contributed by atoms with Crippen LogP contribution < -0.4 is 5.32 Å². The van der Waals surface area contributed by atoms with Crippen LogP contribution in [-0.4, -0.2) is 15.8 Å². The minimum Gasteiger partial charge on any atom is -0.310 e. The van der Waals surface area contributed by atoms with Gasteiger partial charge in [-0.2, -0.15) is 5.10 Å². The fourth-order valence-corrected chi connectivity index (χ4v) is 2.71. The van der Waals surface area contributed by atoms with E-state index in [1.54, 1.807) is 0 Å². The molecule has 1 saturated carbocycles. The summed E-state index contributed by atoms with van der Waals surface area (Å²) in [6.45, 7) is 7.57. The van der Waals surface area contributed by atoms with Crippen molar-refractivity contribution in [3.05, 3.63) is 17.0 Å². The Labute approximate surface area is 98.2 Å². The van der Waals surface area contributed by atoms with E-state index in [2.05, 4.69) is 31.2 Å². The predicted molar refractivity (Wildman–Crippen MR) is 66.3 cm³/mol. The summed E-state index contributed by atoms with van der Waals surface area (Å²) >= 11 is 0. The van der Waals surface area contributed by atoms with Crippen molar-refractivity contribution in [3.8, 4) is 0 Å². The zero-order chi connectivity index (χ0) is 11.7. The Bertz CT molecular complexity index is 367. The Morgan fingerprint density at radius 2 is 2.12 bits per heavy atom. The van der Waals surface area contributed by atoms with Gasteiger partial charge in [-0.1, -0.05) is 6.92 Å². The van der Waals surface area contributed by atoms with E-state index in [0.29, 0.717) is 6.04 Å². The molecule has 1 aliphatic rings. The normalized spacial score (nSPS) is 25.2. The molecule has 2 rings (SSSR count). The molecule has 1 aromatic rings. The van der Waals surface area contributed by atoms with Gasteiger partial charge >= 0.3 is 0 Å². The molecule has 0 saturated heterocycles. The van der Waals surface area contributed by atoms with Crippen molar-refractivity contribution in [1.82, 2.24) is 15.1 Å². The zero-order valence-electron chi connectivity index (χ0n) is 10.9. The Morgan fingerprint density at radius 3 is 2.62 bits per heavy atom. The summed E-state index contributed by atoms with van der Waals surface area (Å²) in [7, 11) is 2.02. The summed E-state index contributed by atoms with van der Waals surface area (Å²) in [4.78, 5) is 0. The van der Waals surface area contributed by atoms with Crippen molar-refractivity contribution in [1.29, 1.82) is 0 Å². The second-order valence-corrected chi connectivity index (χ2v) is 5.27. The minimum atomic E-state index is 0.717. The number of hydrogen-bond acceptors (Lipinski definition) is 2. The molecule has 1 heterocycles. The Kier molecular flexibility index (Phi) is 3.33. The average Bonchev–Trinajstić information content (AvgIpc) is 2.72. The molecule has 1 fully saturated rings. The Balaban J connectivity index is 1.94. The molecule has 3 nitrogen and oxygen atoms in total. The molecule has 2 atom stereocenters. The first kappa shape index (κ1) is 11.6. The van der Waals surface area contributed by atoms with E-state index in [4.69, 9.17) is 0 Å². The van der Waals surface area contributed by atoms with E-state index in [-0.39, 0.29) is 0 Å². The number of hydrogen-bond donors (Lipinski definition) is 1. The van der Waals surface area contributed by atoms with E-state index in [9.17, 15) is 0 Å². The van der Waals surface area contributed by atoms with E-state index in [0.717, 1.165) is 12.5 Å². The van der Waals surface area contributed by atoms with E-state index in [1.807, 2.05) is 11.7 Å². The molecule has 0 spiro atoms. The lowest BCUT2D eigenvalue weighted by Crippen LogP contribution is -2.26. The summed E-state index contributed by atoms with van der Waals surface area (Å²) in [6, 6.07) is 0.717. The molecule has 0 aromatic carbocycles. The fourth-order valence-electron chi connectivity index (χ4n) is 2.71. The van der Waals surface area contributed by atoms with Gasteiger partial charge in [-0.05, 0) is 39.0 Å². The first-order valence-corrected chi connectivity index (χ1v) is 6.30. The highest BCUT2D eigenvalue weighted by atomic mass is 15.3. The second kappa shape index (κ2) is 4.58. The van der Waals surface area contributed by atoms with Crippen LogP contribution in [0.4, 0.5) is 0 Å². The third-order valence-electron chi connectivity index (χ3n) is 3.92. The lowest BCUT2D eigenvalue weighted by molar-refractivity contribution is 0.501. The molecule has 16 heavy (non-hydrogen) atoms. The van der Waals surface area contributed by atoms with Gasteiger partial charge in [0.1, 0.15) is 0 Å². The quantitative estimate of drug-likeness (QED) is 0.849. The largest absolute Gasteiger partial charge is 0.310 e. The van der Waals surface area contributed by atoms with Crippen LogP contribution in [0.5, 0.6) is 0 Å². The minimum absolute atomic E-state index is 0.717. The van der Waals surface area contributed by atoms with Crippen LogP contribution in [-0.2, 0) is 13.6 Å². The lowest BCUT2D eigenvalue weighted by Gasteiger charge is -2.12. The van der Waals surface area contributed by atoms with Crippen molar-refractivity contribution < 1.29 is 0 Å². The highest BCUT2D eigenvalue weighted by molar-refractivity contribution is 5.24. The van der Waals surface area contributed by atoms with Crippen molar-refractivity contribution in [2.24, 2.45) is 13.0 Å². The highest BCUT2D eigenvalue weighted by Gasteiger charge is 2.21. The van der Waals surface area contributed by atoms with Crippen LogP contribution in [0.1, 0.15) is 43.1 Å². The van der Waals surface area contributed by atoms with Gasteiger partial charge in [0.25, 0.3) is 0 Å². The van der Waals surface area contributed by atoms with Crippen LogP contribution >= 0.6 is 0 Å². The smallest absolute Gasteiger partial charge is 0.0641 e. The topological polar surface area (TPSA) is 29.9 Å². The maximum Gasteiger partial charge on any atom is 0.0641 e. The number of rotatable bonds is 3. The van der Waals surface area contributed by atoms with Crippen LogP contribution in [0.3, 0.4) is 0 Å². The summed E-state index contributed by atoms with van der Waals surface area (Å²) < 4.78 is 1.98. The van der Waals surface area contributed by atoms with Gasteiger partial charge in [-0.3, -0.25) is 4.68 Å². The van der Waals surface area contributed by atoms with Gasteiger partial charge in [0.2, 0.25) is 0 Å². The molecular formula is C13H23N3. The third kappa shape index (κ3) is 2.29. The lowest BCUT2D eigenvalue weighted by atomic mass is 10.1. The van der Waals surface area contributed by atoms with E-state index < -0.39 is 0 Å². The van der Waals surface area contributed by atoms with E-state index in [1.165, 1.54) is 36.2 Å². The molecule has 1 N–H and O–H groups in total. The maximum absolute atomic E-state index is 4.45. The molecule has 0 amide bonds. The van der Waals surface area contributed by atoms with Gasteiger partial charge in [-0.25, -0.2) is 0 Å². The van der Waals surface area contributed by atoms with Gasteiger partial charge in [-0.15, -0.1) is 0 Å². The number of aryl methyl sites for hydroxylation is 2. The standard InChI is InChI=1S/C13H23N3/c1-9-5-6-12(7-9)14-8-13-10(2)15-16(4)11(13)3/h9,12,14H,5-8H2,1-4H3. The van der Waals surface area contributed by atoms with Crippen molar-refractivity contribution in [3.63, 3.8) is 0 Å². The molecule has 1 aromatic heterocycles. The van der Waals surface area contributed by atoms with Crippen LogP contribution in [0.25, 0.3) is 0 Å². The summed E-state index contributed by atoms with van der Waals surface area (Å²) in [5.41, 5.74) is 3.83. The van der Waals surface area contributed by atoms with Crippen LogP contribution in [0.15, 0.2) is 0 Å². The molecule has 0 radical (unpaired) electrons. The molecule has 90 valence electrons. The van der Waals surface area contributed by atoms with Gasteiger partial charge in [0.05, 0.1) is 5.69 Å². The van der Waals surface area contributed by atoms with Crippen molar-refractivity contribution in [2.45, 2.75) is 52.6 Å². The predicted octanol–water partition coefficient (Wildman–Crippen LogP) is 2.32. The average molecular weight is 221 g/mol. The first-order chi connectivity index (χ1) is 7.58. The van der Waals surface area contributed by atoms with Crippen LogP contribution in [0, 0.1) is 19.8 Å². The van der Waals surface area contributed by atoms with Crippen molar-refractivity contribution >= 4 is 0 Å². The fraction of sp³-hybridized carbons (Fsp3) is 0.769. The van der Waals surface area contributed by atoms with Gasteiger partial charge in [0, 0.05) is 30.9 Å². The molecule has 1 aliphatic carbocycles. The highest BCUT2D eigenvalue weighted by Crippen LogP contribution is 2.25. The summed E-state index contributed by atoms with van der Waals surface area (Å²) in [6.07, 6.45) is 4.04. The van der Waals surface area contributed by atoms with Gasteiger partial charge < -0.3 is 5.32 Å². The van der Waals surface area contributed by atoms with E-state index >= 15 is 0 Å². The molecule has 0 aliphatic heterocycles. The second-order valence-electron chi connectivity index (χ2n) is 5.27. The SMILES string of the molecule is Cc1nn(C)c(C)c1CNC1CCC(C)C1. The number of aromatic nitrogens is 2. The monoisotopic (exact) mass is 221 g/mol. The maximum atomic E-state index is 4.45. The van der Waals surface area contributed by atoms with Crippen molar-refractivity contribution in [2.75, 3.05) is 0 Å². The summed E-state index contributed by atoms with van der Waals surface area (Å²) in [5, 5.41) is 8.12. The first-order valence-electron chi connectivity index (χ1n) is 6.30. The molecule has 3 heteroatoms. The summed E-state index contributed by atoms with van der Waals surface area (Å²) in [5.74, 6) is 0.897. The molecule has 0 bridgehead atoms. The zero-order valence-corrected chi connectivity index (χ0v) is 10.9. The molecular weight excluding hydrogens is 198 g/mol. The number of nitrogens with zero attached hydrogens (tertiary/aromatic N) is 2. The third-order valence-corrected chi connectivity index (χ3v) is 3.92. The Hall–Kier alpha value is -0.830. The molecule has 2 unspecified atom stereocenters.